The third-order valence-corrected chi connectivity index (χ3v) is 3.18. The zero-order valence-corrected chi connectivity index (χ0v) is 9.16. The Morgan fingerprint density at radius 1 is 1.54 bits per heavy atom. The van der Waals surface area contributed by atoms with Crippen LogP contribution in [0, 0.1) is 0 Å². The summed E-state index contributed by atoms with van der Waals surface area (Å²) in [6, 6.07) is 1.34. The van der Waals surface area contributed by atoms with Crippen molar-refractivity contribution in [3.05, 3.63) is 0 Å². The van der Waals surface area contributed by atoms with E-state index in [4.69, 9.17) is 5.73 Å². The lowest BCUT2D eigenvalue weighted by Crippen LogP contribution is -2.40. The summed E-state index contributed by atoms with van der Waals surface area (Å²) >= 11 is 0. The lowest BCUT2D eigenvalue weighted by atomic mass is 10.2. The molecule has 3 nitrogen and oxygen atoms in total. The highest BCUT2D eigenvalue weighted by Gasteiger charge is 2.27. The predicted octanol–water partition coefficient (Wildman–Crippen LogP) is 0.360. The first-order valence-electron chi connectivity index (χ1n) is 5.29. The lowest BCUT2D eigenvalue weighted by molar-refractivity contribution is 0.214. The summed E-state index contributed by atoms with van der Waals surface area (Å²) in [7, 11) is 4.33. The monoisotopic (exact) mass is 185 g/mol. The number of nitrogens with zero attached hydrogens (tertiary/aromatic N) is 2. The highest BCUT2D eigenvalue weighted by Crippen LogP contribution is 2.16. The van der Waals surface area contributed by atoms with Crippen molar-refractivity contribution in [1.82, 2.24) is 9.80 Å². The molecule has 78 valence electrons. The van der Waals surface area contributed by atoms with Gasteiger partial charge in [0, 0.05) is 31.7 Å². The molecule has 0 radical (unpaired) electrons. The first kappa shape index (κ1) is 11.0. The normalized spacial score (nSPS) is 27.0. The maximum absolute atomic E-state index is 5.73. The molecule has 1 aliphatic heterocycles. The average molecular weight is 185 g/mol. The molecule has 1 saturated heterocycles. The molecule has 0 aliphatic carbocycles. The van der Waals surface area contributed by atoms with Gasteiger partial charge in [-0.05, 0) is 26.9 Å². The molecule has 0 aromatic heterocycles. The fraction of sp³-hybridized carbons (Fsp3) is 1.00. The van der Waals surface area contributed by atoms with Crippen LogP contribution in [0.15, 0.2) is 0 Å². The first-order valence-corrected chi connectivity index (χ1v) is 5.29. The smallest absolute Gasteiger partial charge is 0.0229 e. The second-order valence-electron chi connectivity index (χ2n) is 4.20. The minimum atomic E-state index is 0.602. The van der Waals surface area contributed by atoms with Gasteiger partial charge in [0.05, 0.1) is 0 Å². The van der Waals surface area contributed by atoms with Gasteiger partial charge < -0.3 is 10.6 Å². The van der Waals surface area contributed by atoms with Gasteiger partial charge in [-0.25, -0.2) is 0 Å². The van der Waals surface area contributed by atoms with Crippen LogP contribution < -0.4 is 5.73 Å². The molecule has 1 heterocycles. The van der Waals surface area contributed by atoms with E-state index in [1.54, 1.807) is 0 Å². The van der Waals surface area contributed by atoms with E-state index in [2.05, 4.69) is 30.8 Å². The van der Waals surface area contributed by atoms with E-state index < -0.39 is 0 Å². The van der Waals surface area contributed by atoms with Crippen molar-refractivity contribution in [2.75, 3.05) is 33.7 Å². The van der Waals surface area contributed by atoms with E-state index in [1.165, 1.54) is 25.9 Å². The van der Waals surface area contributed by atoms with Crippen molar-refractivity contribution in [3.63, 3.8) is 0 Å². The molecule has 0 amide bonds. The summed E-state index contributed by atoms with van der Waals surface area (Å²) in [6.07, 6.45) is 2.47. The van der Waals surface area contributed by atoms with Gasteiger partial charge in [0.2, 0.25) is 0 Å². The largest absolute Gasteiger partial charge is 0.329 e. The van der Waals surface area contributed by atoms with Crippen molar-refractivity contribution in [3.8, 4) is 0 Å². The molecule has 3 heteroatoms. The maximum Gasteiger partial charge on any atom is 0.0229 e. The zero-order valence-electron chi connectivity index (χ0n) is 9.16. The van der Waals surface area contributed by atoms with Crippen LogP contribution in [0.3, 0.4) is 0 Å². The Balaban J connectivity index is 2.39. The highest BCUT2D eigenvalue weighted by atomic mass is 15.2. The fourth-order valence-corrected chi connectivity index (χ4v) is 2.10. The lowest BCUT2D eigenvalue weighted by Gasteiger charge is -2.26. The van der Waals surface area contributed by atoms with E-state index in [9.17, 15) is 0 Å². The molecule has 1 aliphatic rings. The molecule has 0 aromatic carbocycles. The van der Waals surface area contributed by atoms with Crippen LogP contribution in [0.25, 0.3) is 0 Å². The second-order valence-corrected chi connectivity index (χ2v) is 4.20. The Kier molecular flexibility index (Phi) is 4.16. The highest BCUT2D eigenvalue weighted by molar-refractivity contribution is 4.85. The quantitative estimate of drug-likeness (QED) is 0.686. The molecule has 2 atom stereocenters. The Morgan fingerprint density at radius 2 is 2.23 bits per heavy atom. The van der Waals surface area contributed by atoms with Gasteiger partial charge in [0.1, 0.15) is 0 Å². The van der Waals surface area contributed by atoms with Gasteiger partial charge in [-0.3, -0.25) is 4.90 Å². The molecule has 1 rings (SSSR count). The number of nitrogens with two attached hydrogens (primary N) is 1. The summed E-state index contributed by atoms with van der Waals surface area (Å²) in [5.74, 6) is 0. The summed E-state index contributed by atoms with van der Waals surface area (Å²) in [6.45, 7) is 5.44. The molecule has 0 spiro atoms. The standard InChI is InChI=1S/C10H23N3/c1-4-9(7-11)13-6-5-10(8-13)12(2)3/h9-10H,4-8,11H2,1-3H3. The van der Waals surface area contributed by atoms with E-state index in [0.717, 1.165) is 12.6 Å². The van der Waals surface area contributed by atoms with Gasteiger partial charge in [-0.2, -0.15) is 0 Å². The second kappa shape index (κ2) is 4.94. The summed E-state index contributed by atoms with van der Waals surface area (Å²) in [4.78, 5) is 4.86. The van der Waals surface area contributed by atoms with Gasteiger partial charge in [-0.1, -0.05) is 6.92 Å². The van der Waals surface area contributed by atoms with Crippen LogP contribution in [0.1, 0.15) is 19.8 Å². The Labute approximate surface area is 81.9 Å². The minimum absolute atomic E-state index is 0.602. The fourth-order valence-electron chi connectivity index (χ4n) is 2.10. The number of likely N-dealkylation sites (tertiary alicyclic amines) is 1. The SMILES string of the molecule is CCC(CN)N1CCC(N(C)C)C1. The molecule has 2 N–H and O–H groups in total. The molecule has 0 aromatic rings. The van der Waals surface area contributed by atoms with E-state index >= 15 is 0 Å². The van der Waals surface area contributed by atoms with Crippen molar-refractivity contribution < 1.29 is 0 Å². The molecular formula is C10H23N3. The predicted molar refractivity (Wildman–Crippen MR) is 56.8 cm³/mol. The molecule has 0 bridgehead atoms. The average Bonchev–Trinajstić information content (AvgIpc) is 2.56. The van der Waals surface area contributed by atoms with Gasteiger partial charge >= 0.3 is 0 Å². The van der Waals surface area contributed by atoms with Crippen molar-refractivity contribution >= 4 is 0 Å². The topological polar surface area (TPSA) is 32.5 Å². The van der Waals surface area contributed by atoms with Crippen LogP contribution in [0.5, 0.6) is 0 Å². The van der Waals surface area contributed by atoms with Gasteiger partial charge in [0.15, 0.2) is 0 Å². The van der Waals surface area contributed by atoms with Crippen LogP contribution >= 0.6 is 0 Å². The minimum Gasteiger partial charge on any atom is -0.329 e. The van der Waals surface area contributed by atoms with Gasteiger partial charge in [-0.15, -0.1) is 0 Å². The zero-order chi connectivity index (χ0) is 9.84. The summed E-state index contributed by atoms with van der Waals surface area (Å²) in [5.41, 5.74) is 5.73. The van der Waals surface area contributed by atoms with Crippen LogP contribution in [-0.4, -0.2) is 55.6 Å². The summed E-state index contributed by atoms with van der Waals surface area (Å²) < 4.78 is 0. The summed E-state index contributed by atoms with van der Waals surface area (Å²) in [5, 5.41) is 0. The number of rotatable bonds is 4. The molecular weight excluding hydrogens is 162 g/mol. The first-order chi connectivity index (χ1) is 6.19. The Hall–Kier alpha value is -0.120. The Morgan fingerprint density at radius 3 is 2.62 bits per heavy atom. The molecule has 1 fully saturated rings. The molecule has 13 heavy (non-hydrogen) atoms. The van der Waals surface area contributed by atoms with E-state index in [1.807, 2.05) is 0 Å². The molecule has 2 unspecified atom stereocenters. The van der Waals surface area contributed by atoms with Gasteiger partial charge in [0.25, 0.3) is 0 Å². The van der Waals surface area contributed by atoms with Crippen LogP contribution in [0.4, 0.5) is 0 Å². The third kappa shape index (κ3) is 2.66. The van der Waals surface area contributed by atoms with E-state index in [-0.39, 0.29) is 0 Å². The Bertz CT molecular complexity index is 143. The number of likely N-dealkylation sites (N-methyl/N-ethyl adjacent to an activating group) is 1. The van der Waals surface area contributed by atoms with Crippen molar-refractivity contribution in [1.29, 1.82) is 0 Å². The molecule has 0 saturated carbocycles. The van der Waals surface area contributed by atoms with E-state index in [0.29, 0.717) is 6.04 Å². The third-order valence-electron chi connectivity index (χ3n) is 3.18. The van der Waals surface area contributed by atoms with Crippen molar-refractivity contribution in [2.45, 2.75) is 31.8 Å². The van der Waals surface area contributed by atoms with Crippen LogP contribution in [0.2, 0.25) is 0 Å². The van der Waals surface area contributed by atoms with Crippen LogP contribution in [-0.2, 0) is 0 Å². The number of hydrogen-bond acceptors (Lipinski definition) is 3. The van der Waals surface area contributed by atoms with Crippen molar-refractivity contribution in [2.24, 2.45) is 5.73 Å². The maximum atomic E-state index is 5.73. The number of hydrogen-bond donors (Lipinski definition) is 1.